The van der Waals surface area contributed by atoms with E-state index in [4.69, 9.17) is 10.3 Å². The first-order valence-corrected chi connectivity index (χ1v) is 6.50. The molecule has 0 saturated carbocycles. The number of hydrogen-bond donors (Lipinski definition) is 2. The van der Waals surface area contributed by atoms with Gasteiger partial charge in [-0.3, -0.25) is 4.79 Å². The summed E-state index contributed by atoms with van der Waals surface area (Å²) >= 11 is 0. The third-order valence-electron chi connectivity index (χ3n) is 3.15. The van der Waals surface area contributed by atoms with Crippen LogP contribution in [0.15, 0.2) is 47.6 Å². The van der Waals surface area contributed by atoms with Crippen LogP contribution in [0.3, 0.4) is 0 Å². The van der Waals surface area contributed by atoms with E-state index in [0.717, 1.165) is 6.07 Å². The fourth-order valence-corrected chi connectivity index (χ4v) is 2.04. The molecule has 0 bridgehead atoms. The number of nitrogens with zero attached hydrogens (tertiary/aromatic N) is 1. The normalized spacial score (nSPS) is 11.5. The molecule has 0 aliphatic carbocycles. The van der Waals surface area contributed by atoms with E-state index in [1.165, 1.54) is 36.4 Å². The second-order valence-corrected chi connectivity index (χ2v) is 4.64. The number of aliphatic carboxylic acids is 1. The van der Waals surface area contributed by atoms with Gasteiger partial charge in [0.05, 0.1) is 12.1 Å². The Morgan fingerprint density at radius 3 is 2.27 bits per heavy atom. The van der Waals surface area contributed by atoms with Crippen LogP contribution in [-0.2, 0) is 4.79 Å². The van der Waals surface area contributed by atoms with Gasteiger partial charge in [-0.2, -0.15) is 0 Å². The minimum absolute atomic E-state index is 0.0127. The van der Waals surface area contributed by atoms with Crippen molar-refractivity contribution in [1.29, 1.82) is 0 Å². The molecule has 0 fully saturated rings. The molecule has 0 aliphatic rings. The van der Waals surface area contributed by atoms with Gasteiger partial charge in [0.25, 0.3) is 0 Å². The van der Waals surface area contributed by atoms with Gasteiger partial charge in [-0.1, -0.05) is 29.4 Å². The first-order chi connectivity index (χ1) is 10.5. The quantitative estimate of drug-likeness (QED) is 0.503. The third kappa shape index (κ3) is 3.66. The largest absolute Gasteiger partial charge is 0.481 e. The molecule has 2 aromatic carbocycles. The summed E-state index contributed by atoms with van der Waals surface area (Å²) in [6.45, 7) is 0. The molecular formula is C16H13F2NO3. The van der Waals surface area contributed by atoms with Gasteiger partial charge in [-0.25, -0.2) is 8.78 Å². The van der Waals surface area contributed by atoms with Crippen LogP contribution in [0.4, 0.5) is 8.78 Å². The van der Waals surface area contributed by atoms with Crippen molar-refractivity contribution in [3.63, 3.8) is 0 Å². The van der Waals surface area contributed by atoms with Crippen molar-refractivity contribution in [3.8, 4) is 11.1 Å². The maximum absolute atomic E-state index is 14.2. The van der Waals surface area contributed by atoms with Gasteiger partial charge in [-0.15, -0.1) is 0 Å². The van der Waals surface area contributed by atoms with Crippen molar-refractivity contribution in [1.82, 2.24) is 0 Å². The molecular weight excluding hydrogens is 292 g/mol. The van der Waals surface area contributed by atoms with E-state index < -0.39 is 17.6 Å². The molecule has 0 saturated heterocycles. The Balaban J connectivity index is 2.29. The van der Waals surface area contributed by atoms with Crippen LogP contribution >= 0.6 is 0 Å². The van der Waals surface area contributed by atoms with E-state index in [2.05, 4.69) is 5.16 Å². The van der Waals surface area contributed by atoms with E-state index in [1.807, 2.05) is 0 Å². The van der Waals surface area contributed by atoms with Crippen LogP contribution in [0.1, 0.15) is 18.4 Å². The lowest BCUT2D eigenvalue weighted by atomic mass is 9.99. The number of carboxylic acid groups (broad SMARTS) is 1. The van der Waals surface area contributed by atoms with Gasteiger partial charge in [0.2, 0.25) is 0 Å². The summed E-state index contributed by atoms with van der Waals surface area (Å²) in [6, 6.07) is 9.54. The fourth-order valence-electron chi connectivity index (χ4n) is 2.04. The average Bonchev–Trinajstić information content (AvgIpc) is 2.49. The Morgan fingerprint density at radius 1 is 1.05 bits per heavy atom. The Kier molecular flexibility index (Phi) is 4.83. The molecule has 22 heavy (non-hydrogen) atoms. The number of carbonyl (C=O) groups is 1. The fraction of sp³-hybridized carbons (Fsp3) is 0.125. The summed E-state index contributed by atoms with van der Waals surface area (Å²) < 4.78 is 27.1. The molecule has 114 valence electrons. The van der Waals surface area contributed by atoms with E-state index in [9.17, 15) is 13.6 Å². The van der Waals surface area contributed by atoms with Gasteiger partial charge in [0.1, 0.15) is 11.6 Å². The van der Waals surface area contributed by atoms with Crippen LogP contribution in [0.5, 0.6) is 0 Å². The van der Waals surface area contributed by atoms with E-state index in [1.54, 1.807) is 0 Å². The molecule has 6 heteroatoms. The van der Waals surface area contributed by atoms with Gasteiger partial charge < -0.3 is 10.3 Å². The van der Waals surface area contributed by atoms with Gasteiger partial charge >= 0.3 is 5.97 Å². The van der Waals surface area contributed by atoms with Crippen molar-refractivity contribution < 1.29 is 23.9 Å². The van der Waals surface area contributed by atoms with Crippen molar-refractivity contribution in [3.05, 3.63) is 59.7 Å². The SMILES string of the molecule is O=C(O)CCC(=NO)c1ccc(-c2ccc(F)cc2)c(F)c1. The zero-order chi connectivity index (χ0) is 16.1. The van der Waals surface area contributed by atoms with Crippen LogP contribution < -0.4 is 0 Å². The maximum atomic E-state index is 14.2. The molecule has 0 unspecified atom stereocenters. The Bertz CT molecular complexity index is 712. The monoisotopic (exact) mass is 305 g/mol. The second kappa shape index (κ2) is 6.80. The molecule has 2 N–H and O–H groups in total. The molecule has 0 heterocycles. The van der Waals surface area contributed by atoms with Crippen molar-refractivity contribution >= 4 is 11.7 Å². The Labute approximate surface area is 125 Å². The average molecular weight is 305 g/mol. The van der Waals surface area contributed by atoms with Crippen molar-refractivity contribution in [2.45, 2.75) is 12.8 Å². The summed E-state index contributed by atoms with van der Waals surface area (Å²) in [5, 5.41) is 20.6. The highest BCUT2D eigenvalue weighted by Crippen LogP contribution is 2.24. The van der Waals surface area contributed by atoms with Crippen molar-refractivity contribution in [2.24, 2.45) is 5.16 Å². The minimum atomic E-state index is -1.04. The highest BCUT2D eigenvalue weighted by atomic mass is 19.1. The number of hydrogen-bond acceptors (Lipinski definition) is 3. The number of carboxylic acids is 1. The van der Waals surface area contributed by atoms with Gasteiger partial charge in [0, 0.05) is 17.5 Å². The smallest absolute Gasteiger partial charge is 0.303 e. The van der Waals surface area contributed by atoms with Crippen LogP contribution in [0.2, 0.25) is 0 Å². The number of oxime groups is 1. The Morgan fingerprint density at radius 2 is 1.73 bits per heavy atom. The summed E-state index contributed by atoms with van der Waals surface area (Å²) in [5.41, 5.74) is 1.18. The lowest BCUT2D eigenvalue weighted by Crippen LogP contribution is -2.06. The summed E-state index contributed by atoms with van der Waals surface area (Å²) in [6.07, 6.45) is -0.234. The summed E-state index contributed by atoms with van der Waals surface area (Å²) in [7, 11) is 0. The number of benzene rings is 2. The first-order valence-electron chi connectivity index (χ1n) is 6.50. The van der Waals surface area contributed by atoms with Crippen LogP contribution in [0.25, 0.3) is 11.1 Å². The molecule has 2 rings (SSSR count). The molecule has 0 radical (unpaired) electrons. The zero-order valence-electron chi connectivity index (χ0n) is 11.5. The van der Waals surface area contributed by atoms with E-state index in [-0.39, 0.29) is 24.1 Å². The second-order valence-electron chi connectivity index (χ2n) is 4.64. The molecule has 2 aromatic rings. The molecule has 0 aliphatic heterocycles. The lowest BCUT2D eigenvalue weighted by molar-refractivity contribution is -0.136. The van der Waals surface area contributed by atoms with E-state index in [0.29, 0.717) is 11.1 Å². The van der Waals surface area contributed by atoms with E-state index >= 15 is 0 Å². The summed E-state index contributed by atoms with van der Waals surface area (Å²) in [5.74, 6) is -2.02. The molecule has 0 amide bonds. The number of halogens is 2. The molecule has 0 aromatic heterocycles. The van der Waals surface area contributed by atoms with Gasteiger partial charge in [0.15, 0.2) is 0 Å². The van der Waals surface area contributed by atoms with Crippen molar-refractivity contribution in [2.75, 3.05) is 0 Å². The Hall–Kier alpha value is -2.76. The van der Waals surface area contributed by atoms with Crippen LogP contribution in [0, 0.1) is 11.6 Å². The van der Waals surface area contributed by atoms with Crippen LogP contribution in [-0.4, -0.2) is 22.0 Å². The highest BCUT2D eigenvalue weighted by molar-refractivity contribution is 6.01. The lowest BCUT2D eigenvalue weighted by Gasteiger charge is -2.07. The standard InChI is InChI=1S/C16H13F2NO3/c17-12-4-1-10(2-5-12)13-6-3-11(9-14(13)18)15(19-22)7-8-16(20)21/h1-6,9,22H,7-8H2,(H,20,21). The molecule has 0 atom stereocenters. The zero-order valence-corrected chi connectivity index (χ0v) is 11.5. The third-order valence-corrected chi connectivity index (χ3v) is 3.15. The minimum Gasteiger partial charge on any atom is -0.481 e. The topological polar surface area (TPSA) is 69.9 Å². The number of rotatable bonds is 5. The predicted octanol–water partition coefficient (Wildman–Crippen LogP) is 3.67. The predicted molar refractivity (Wildman–Crippen MR) is 77.0 cm³/mol. The maximum Gasteiger partial charge on any atom is 0.303 e. The highest BCUT2D eigenvalue weighted by Gasteiger charge is 2.12. The van der Waals surface area contributed by atoms with Gasteiger partial charge in [-0.05, 0) is 23.8 Å². The summed E-state index contributed by atoms with van der Waals surface area (Å²) in [4.78, 5) is 10.5. The first kappa shape index (κ1) is 15.6. The molecule has 4 nitrogen and oxygen atoms in total. The molecule has 0 spiro atoms.